The Kier molecular flexibility index (Phi) is 3.16. The van der Waals surface area contributed by atoms with Gasteiger partial charge in [-0.3, -0.25) is 0 Å². The van der Waals surface area contributed by atoms with Crippen molar-refractivity contribution < 1.29 is 5.48 Å². The molecule has 3 aliphatic carbocycles. The number of hydrogen-bond donors (Lipinski definition) is 0. The summed E-state index contributed by atoms with van der Waals surface area (Å²) in [6.07, 6.45) is 14.2. The molecular formula is C13H24O. The fraction of sp³-hybridized carbons (Fsp3) is 1.00. The Labute approximate surface area is 87.6 Å². The van der Waals surface area contributed by atoms with Crippen molar-refractivity contribution in [1.82, 2.24) is 0 Å². The zero-order valence-electron chi connectivity index (χ0n) is 9.17. The van der Waals surface area contributed by atoms with E-state index in [0.717, 1.165) is 17.8 Å². The Balaban J connectivity index is 0.000000750. The molecule has 0 spiro atoms. The van der Waals surface area contributed by atoms with E-state index < -0.39 is 0 Å². The van der Waals surface area contributed by atoms with Crippen LogP contribution < -0.4 is 0 Å². The van der Waals surface area contributed by atoms with E-state index in [2.05, 4.69) is 0 Å². The molecule has 2 N–H and O–H groups in total. The molecule has 3 rings (SSSR count). The first-order valence-electron chi connectivity index (χ1n) is 6.43. The molecule has 0 saturated heterocycles. The first kappa shape index (κ1) is 10.5. The van der Waals surface area contributed by atoms with E-state index in [0.29, 0.717) is 0 Å². The molecule has 1 heteroatoms. The van der Waals surface area contributed by atoms with Crippen molar-refractivity contribution in [2.75, 3.05) is 0 Å². The maximum absolute atomic E-state index is 1.61. The van der Waals surface area contributed by atoms with Crippen LogP contribution >= 0.6 is 0 Å². The lowest BCUT2D eigenvalue weighted by Crippen LogP contribution is -2.37. The van der Waals surface area contributed by atoms with E-state index in [4.69, 9.17) is 0 Å². The minimum atomic E-state index is 0. The smallest absolute Gasteiger partial charge is 0.0357 e. The highest BCUT2D eigenvalue weighted by Crippen LogP contribution is 2.51. The summed E-state index contributed by atoms with van der Waals surface area (Å²) in [6.45, 7) is 0. The molecule has 3 saturated carbocycles. The second-order valence-electron chi connectivity index (χ2n) is 5.74. The Morgan fingerprint density at radius 1 is 0.643 bits per heavy atom. The van der Waals surface area contributed by atoms with Crippen LogP contribution in [0.5, 0.6) is 0 Å². The van der Waals surface area contributed by atoms with Crippen LogP contribution in [0, 0.1) is 23.7 Å². The lowest BCUT2D eigenvalue weighted by Gasteiger charge is -2.47. The average molecular weight is 196 g/mol. The molecule has 82 valence electrons. The maximum atomic E-state index is 1.61. The van der Waals surface area contributed by atoms with Gasteiger partial charge in [-0.25, -0.2) is 0 Å². The molecule has 4 atom stereocenters. The third-order valence-electron chi connectivity index (χ3n) is 5.03. The van der Waals surface area contributed by atoms with Gasteiger partial charge in [-0.05, 0) is 42.9 Å². The summed E-state index contributed by atoms with van der Waals surface area (Å²) in [4.78, 5) is 0. The molecule has 0 radical (unpaired) electrons. The highest BCUT2D eigenvalue weighted by Gasteiger charge is 2.40. The number of fused-ring (bicyclic) bond motifs is 4. The topological polar surface area (TPSA) is 31.5 Å². The second-order valence-corrected chi connectivity index (χ2v) is 5.74. The molecule has 14 heavy (non-hydrogen) atoms. The third kappa shape index (κ3) is 1.71. The lowest BCUT2D eigenvalue weighted by molar-refractivity contribution is 0.0339. The molecule has 4 unspecified atom stereocenters. The monoisotopic (exact) mass is 196 g/mol. The van der Waals surface area contributed by atoms with E-state index in [-0.39, 0.29) is 5.48 Å². The molecule has 0 aliphatic heterocycles. The van der Waals surface area contributed by atoms with Crippen LogP contribution in [0.3, 0.4) is 0 Å². The van der Waals surface area contributed by atoms with E-state index >= 15 is 0 Å². The Bertz CT molecular complexity index is 186. The Hall–Kier alpha value is -0.0400. The van der Waals surface area contributed by atoms with Crippen molar-refractivity contribution in [1.29, 1.82) is 0 Å². The van der Waals surface area contributed by atoms with Crippen LogP contribution in [-0.4, -0.2) is 5.48 Å². The molecule has 2 bridgehead atoms. The number of rotatable bonds is 0. The SMILES string of the molecule is C1CCC2C(C1)CC1CCCC2C1.O. The molecule has 1 nitrogen and oxygen atoms in total. The molecule has 0 aromatic heterocycles. The van der Waals surface area contributed by atoms with Crippen molar-refractivity contribution in [3.8, 4) is 0 Å². The van der Waals surface area contributed by atoms with E-state index in [9.17, 15) is 0 Å². The van der Waals surface area contributed by atoms with Crippen LogP contribution in [0.25, 0.3) is 0 Å². The van der Waals surface area contributed by atoms with E-state index in [1.165, 1.54) is 5.92 Å². The van der Waals surface area contributed by atoms with Gasteiger partial charge in [0.25, 0.3) is 0 Å². The van der Waals surface area contributed by atoms with Crippen molar-refractivity contribution in [3.63, 3.8) is 0 Å². The van der Waals surface area contributed by atoms with Crippen molar-refractivity contribution in [3.05, 3.63) is 0 Å². The first-order chi connectivity index (χ1) is 6.43. The molecule has 3 fully saturated rings. The molecule has 0 heterocycles. The van der Waals surface area contributed by atoms with E-state index in [1.807, 2.05) is 0 Å². The van der Waals surface area contributed by atoms with Gasteiger partial charge in [0.05, 0.1) is 0 Å². The minimum Gasteiger partial charge on any atom is -0.412 e. The normalized spacial score (nSPS) is 46.3. The summed E-state index contributed by atoms with van der Waals surface area (Å²) in [5, 5.41) is 0. The summed E-state index contributed by atoms with van der Waals surface area (Å²) in [7, 11) is 0. The highest BCUT2D eigenvalue weighted by atomic mass is 16.0. The standard InChI is InChI=1S/C13H22.H2O/c1-2-7-13-11(5-1)8-10-4-3-6-12(13)9-10;/h10-13H,1-9H2;1H2. The van der Waals surface area contributed by atoms with Gasteiger partial charge >= 0.3 is 0 Å². The minimum absolute atomic E-state index is 0. The fourth-order valence-electron chi connectivity index (χ4n) is 4.51. The molecule has 0 aromatic carbocycles. The van der Waals surface area contributed by atoms with Gasteiger partial charge in [0.2, 0.25) is 0 Å². The van der Waals surface area contributed by atoms with Crippen LogP contribution in [0.15, 0.2) is 0 Å². The van der Waals surface area contributed by atoms with Gasteiger partial charge in [0.1, 0.15) is 0 Å². The Morgan fingerprint density at radius 2 is 1.29 bits per heavy atom. The van der Waals surface area contributed by atoms with Gasteiger partial charge in [-0.15, -0.1) is 0 Å². The van der Waals surface area contributed by atoms with Gasteiger partial charge in [-0.1, -0.05) is 38.5 Å². The van der Waals surface area contributed by atoms with Crippen molar-refractivity contribution in [2.24, 2.45) is 23.7 Å². The second kappa shape index (κ2) is 4.22. The van der Waals surface area contributed by atoms with Crippen LogP contribution in [0.1, 0.15) is 57.8 Å². The molecule has 0 amide bonds. The predicted molar refractivity (Wildman–Crippen MR) is 59.1 cm³/mol. The lowest BCUT2D eigenvalue weighted by atomic mass is 9.58. The van der Waals surface area contributed by atoms with Crippen LogP contribution in [0.2, 0.25) is 0 Å². The molecular weight excluding hydrogens is 172 g/mol. The maximum Gasteiger partial charge on any atom is -0.0357 e. The van der Waals surface area contributed by atoms with Crippen LogP contribution in [0.4, 0.5) is 0 Å². The van der Waals surface area contributed by atoms with Gasteiger partial charge in [-0.2, -0.15) is 0 Å². The van der Waals surface area contributed by atoms with Gasteiger partial charge in [0.15, 0.2) is 0 Å². The number of hydrogen-bond acceptors (Lipinski definition) is 0. The van der Waals surface area contributed by atoms with E-state index in [1.54, 1.807) is 57.8 Å². The summed E-state index contributed by atoms with van der Waals surface area (Å²) in [5.41, 5.74) is 0. The van der Waals surface area contributed by atoms with Crippen molar-refractivity contribution in [2.45, 2.75) is 57.8 Å². The fourth-order valence-corrected chi connectivity index (χ4v) is 4.51. The quantitative estimate of drug-likeness (QED) is 0.570. The first-order valence-corrected chi connectivity index (χ1v) is 6.43. The molecule has 3 aliphatic rings. The molecule has 0 aromatic rings. The van der Waals surface area contributed by atoms with Gasteiger partial charge in [0, 0.05) is 0 Å². The average Bonchev–Trinajstić information content (AvgIpc) is 2.18. The van der Waals surface area contributed by atoms with Gasteiger partial charge < -0.3 is 5.48 Å². The predicted octanol–water partition coefficient (Wildman–Crippen LogP) is 3.18. The zero-order chi connectivity index (χ0) is 8.67. The summed E-state index contributed by atoms with van der Waals surface area (Å²) >= 11 is 0. The summed E-state index contributed by atoms with van der Waals surface area (Å²) in [5.74, 6) is 4.65. The summed E-state index contributed by atoms with van der Waals surface area (Å²) in [6, 6.07) is 0. The zero-order valence-corrected chi connectivity index (χ0v) is 9.17. The summed E-state index contributed by atoms with van der Waals surface area (Å²) < 4.78 is 0. The van der Waals surface area contributed by atoms with Crippen molar-refractivity contribution >= 4 is 0 Å². The third-order valence-corrected chi connectivity index (χ3v) is 5.03. The highest BCUT2D eigenvalue weighted by molar-refractivity contribution is 4.90. The largest absolute Gasteiger partial charge is 0.412 e. The van der Waals surface area contributed by atoms with Crippen LogP contribution in [-0.2, 0) is 0 Å². The Morgan fingerprint density at radius 3 is 2.07 bits per heavy atom.